The summed E-state index contributed by atoms with van der Waals surface area (Å²) in [6.45, 7) is 6.43. The highest BCUT2D eigenvalue weighted by molar-refractivity contribution is 5.71. The minimum Gasteiger partial charge on any atom is -0.462 e. The van der Waals surface area contributed by atoms with Gasteiger partial charge in [-0.1, -0.05) is 276 Å². The number of carbonyl (C=O) groups excluding carboxylic acids is 3. The van der Waals surface area contributed by atoms with Gasteiger partial charge in [-0.3, -0.25) is 14.4 Å². The quantitative estimate of drug-likeness (QED) is 0.0261. The van der Waals surface area contributed by atoms with Gasteiger partial charge in [0.05, 0.1) is 0 Å². The molecule has 0 aromatic carbocycles. The number of carbonyl (C=O) groups is 3. The average molecular weight is 1090 g/mol. The number of hydrogen-bond donors (Lipinski definition) is 0. The first kappa shape index (κ1) is 74.5. The van der Waals surface area contributed by atoms with E-state index in [2.05, 4.69) is 148 Å². The predicted molar refractivity (Wildman–Crippen MR) is 343 cm³/mol. The molecule has 448 valence electrons. The Kier molecular flexibility index (Phi) is 62.3. The molecule has 0 heterocycles. The maximum absolute atomic E-state index is 12.9. The van der Waals surface area contributed by atoms with Crippen molar-refractivity contribution in [2.24, 2.45) is 0 Å². The van der Waals surface area contributed by atoms with E-state index in [-0.39, 0.29) is 31.6 Å². The molecular formula is C73H120O6. The highest BCUT2D eigenvalue weighted by Crippen LogP contribution is 2.15. The SMILES string of the molecule is CC/C=C\C/C=C\C/C=C\C/C=C\C/C=C\C/C=C\CCC(=O)OC(COC(=O)CCCCCCCCCC/C=C\C/C=C\C/C=C\CCCCCCC)COC(=O)CCCCCCCCCCC/C=C\C/C=C\CCCCC. The Morgan fingerprint density at radius 2 is 0.519 bits per heavy atom. The molecule has 0 spiro atoms. The first-order valence-corrected chi connectivity index (χ1v) is 32.7. The van der Waals surface area contributed by atoms with Crippen LogP contribution >= 0.6 is 0 Å². The second-order valence-corrected chi connectivity index (χ2v) is 21.3. The van der Waals surface area contributed by atoms with Gasteiger partial charge in [0.25, 0.3) is 0 Å². The summed E-state index contributed by atoms with van der Waals surface area (Å²) in [5, 5.41) is 0. The monoisotopic (exact) mass is 1090 g/mol. The standard InChI is InChI=1S/C73H120O6/c1-4-7-10-13-16-19-22-25-28-31-34-35-36-37-40-42-45-48-51-54-57-60-63-66-72(75)78-69-70(79-73(76)67-64-61-58-55-52-49-46-43-39-33-30-27-24-21-18-15-12-9-6-3)68-77-71(74)65-62-59-56-53-50-47-44-41-38-32-29-26-23-20-17-14-11-8-5-2/h9,12,17-18,20-22,25-27,29-31,34,36-37,39,43,49,52,58,61,70H,4-8,10-11,13-16,19,23-24,28,32-33,35,38,40-42,44-48,50-51,53-57,59-60,62-69H2,1-3H3/b12-9-,20-17-,21-18-,25-22-,29-26-,30-27-,34-31-,37-36-,43-39-,52-49-,61-58-. The van der Waals surface area contributed by atoms with Gasteiger partial charge in [-0.25, -0.2) is 0 Å². The second kappa shape index (κ2) is 66.1. The molecule has 0 aromatic rings. The molecule has 1 atom stereocenters. The lowest BCUT2D eigenvalue weighted by Crippen LogP contribution is -2.30. The molecule has 0 rings (SSSR count). The van der Waals surface area contributed by atoms with Crippen LogP contribution in [0.2, 0.25) is 0 Å². The van der Waals surface area contributed by atoms with Gasteiger partial charge in [-0.2, -0.15) is 0 Å². The maximum atomic E-state index is 12.9. The van der Waals surface area contributed by atoms with Crippen molar-refractivity contribution in [2.75, 3.05) is 13.2 Å². The summed E-state index contributed by atoms with van der Waals surface area (Å²) in [5.74, 6) is -1.01. The van der Waals surface area contributed by atoms with Crippen LogP contribution < -0.4 is 0 Å². The lowest BCUT2D eigenvalue weighted by Gasteiger charge is -2.18. The molecule has 6 heteroatoms. The Labute approximate surface area is 487 Å². The van der Waals surface area contributed by atoms with Crippen LogP contribution in [0.3, 0.4) is 0 Å². The molecule has 0 saturated heterocycles. The average Bonchev–Trinajstić information content (AvgIpc) is 3.45. The van der Waals surface area contributed by atoms with Crippen molar-refractivity contribution in [1.82, 2.24) is 0 Å². The lowest BCUT2D eigenvalue weighted by atomic mass is 10.1. The molecule has 0 aliphatic carbocycles. The van der Waals surface area contributed by atoms with Crippen LogP contribution in [-0.2, 0) is 28.6 Å². The fraction of sp³-hybridized carbons (Fsp3) is 0.658. The predicted octanol–water partition coefficient (Wildman–Crippen LogP) is 22.5. The number of hydrogen-bond acceptors (Lipinski definition) is 6. The molecule has 6 nitrogen and oxygen atoms in total. The summed E-state index contributed by atoms with van der Waals surface area (Å²) >= 11 is 0. The summed E-state index contributed by atoms with van der Waals surface area (Å²) in [7, 11) is 0. The Morgan fingerprint density at radius 1 is 0.266 bits per heavy atom. The van der Waals surface area contributed by atoms with Crippen LogP contribution in [0.4, 0.5) is 0 Å². The second-order valence-electron chi connectivity index (χ2n) is 21.3. The minimum atomic E-state index is -0.830. The number of rotatable bonds is 58. The molecular weight excluding hydrogens is 973 g/mol. The zero-order chi connectivity index (χ0) is 57.1. The summed E-state index contributed by atoms with van der Waals surface area (Å²) < 4.78 is 16.9. The van der Waals surface area contributed by atoms with Crippen LogP contribution in [0, 0.1) is 0 Å². The van der Waals surface area contributed by atoms with Gasteiger partial charge in [0.15, 0.2) is 6.10 Å². The maximum Gasteiger partial charge on any atom is 0.306 e. The Bertz CT molecular complexity index is 1680. The first-order chi connectivity index (χ1) is 39.0. The van der Waals surface area contributed by atoms with Crippen molar-refractivity contribution < 1.29 is 28.6 Å². The molecule has 0 fully saturated rings. The van der Waals surface area contributed by atoms with Crippen LogP contribution in [0.25, 0.3) is 0 Å². The molecule has 0 aromatic heterocycles. The van der Waals surface area contributed by atoms with Gasteiger partial charge in [0.1, 0.15) is 13.2 Å². The number of esters is 3. The van der Waals surface area contributed by atoms with Gasteiger partial charge < -0.3 is 14.2 Å². The van der Waals surface area contributed by atoms with Crippen molar-refractivity contribution in [3.63, 3.8) is 0 Å². The van der Waals surface area contributed by atoms with Crippen molar-refractivity contribution in [1.29, 1.82) is 0 Å². The number of allylic oxidation sites excluding steroid dienone is 22. The molecule has 0 N–H and O–H groups in total. The third kappa shape index (κ3) is 64.3. The molecule has 0 aliphatic rings. The fourth-order valence-corrected chi connectivity index (χ4v) is 8.74. The zero-order valence-electron chi connectivity index (χ0n) is 51.3. The minimum absolute atomic E-state index is 0.116. The molecule has 0 saturated carbocycles. The van der Waals surface area contributed by atoms with Crippen LogP contribution in [0.1, 0.15) is 290 Å². The molecule has 0 amide bonds. The van der Waals surface area contributed by atoms with E-state index in [1.165, 1.54) is 141 Å². The largest absolute Gasteiger partial charge is 0.462 e. The third-order valence-corrected chi connectivity index (χ3v) is 13.6. The first-order valence-electron chi connectivity index (χ1n) is 32.7. The Balaban J connectivity index is 4.51. The molecule has 1 unspecified atom stereocenters. The van der Waals surface area contributed by atoms with E-state index >= 15 is 0 Å². The van der Waals surface area contributed by atoms with Gasteiger partial charge >= 0.3 is 17.9 Å². The Hall–Kier alpha value is -4.45. The van der Waals surface area contributed by atoms with Crippen molar-refractivity contribution in [2.45, 2.75) is 297 Å². The Morgan fingerprint density at radius 3 is 0.848 bits per heavy atom. The summed E-state index contributed by atoms with van der Waals surface area (Å²) in [6.07, 6.45) is 93.2. The van der Waals surface area contributed by atoms with Gasteiger partial charge in [-0.05, 0) is 128 Å². The van der Waals surface area contributed by atoms with Crippen LogP contribution in [0.5, 0.6) is 0 Å². The van der Waals surface area contributed by atoms with Crippen LogP contribution in [0.15, 0.2) is 134 Å². The van der Waals surface area contributed by atoms with E-state index in [0.717, 1.165) is 103 Å². The van der Waals surface area contributed by atoms with E-state index < -0.39 is 12.1 Å². The van der Waals surface area contributed by atoms with E-state index in [4.69, 9.17) is 14.2 Å². The van der Waals surface area contributed by atoms with Gasteiger partial charge in [-0.15, -0.1) is 0 Å². The van der Waals surface area contributed by atoms with E-state index in [0.29, 0.717) is 19.3 Å². The molecule has 0 radical (unpaired) electrons. The summed E-state index contributed by atoms with van der Waals surface area (Å²) in [5.41, 5.74) is 0. The molecule has 79 heavy (non-hydrogen) atoms. The molecule has 0 aliphatic heterocycles. The highest BCUT2D eigenvalue weighted by atomic mass is 16.6. The van der Waals surface area contributed by atoms with E-state index in [9.17, 15) is 14.4 Å². The topological polar surface area (TPSA) is 78.9 Å². The van der Waals surface area contributed by atoms with Gasteiger partial charge in [0, 0.05) is 19.3 Å². The summed E-state index contributed by atoms with van der Waals surface area (Å²) in [6, 6.07) is 0. The lowest BCUT2D eigenvalue weighted by molar-refractivity contribution is -0.166. The molecule has 0 bridgehead atoms. The van der Waals surface area contributed by atoms with E-state index in [1.54, 1.807) is 0 Å². The number of ether oxygens (including phenoxy) is 3. The van der Waals surface area contributed by atoms with E-state index in [1.807, 2.05) is 6.08 Å². The van der Waals surface area contributed by atoms with Crippen molar-refractivity contribution in [3.8, 4) is 0 Å². The summed E-state index contributed by atoms with van der Waals surface area (Å²) in [4.78, 5) is 38.3. The smallest absolute Gasteiger partial charge is 0.306 e. The van der Waals surface area contributed by atoms with Crippen molar-refractivity contribution in [3.05, 3.63) is 134 Å². The highest BCUT2D eigenvalue weighted by Gasteiger charge is 2.19. The normalized spacial score (nSPS) is 13.0. The third-order valence-electron chi connectivity index (χ3n) is 13.6. The number of unbranched alkanes of at least 4 members (excludes halogenated alkanes) is 25. The fourth-order valence-electron chi connectivity index (χ4n) is 8.74. The zero-order valence-corrected chi connectivity index (χ0v) is 51.3. The van der Waals surface area contributed by atoms with Gasteiger partial charge in [0.2, 0.25) is 0 Å². The van der Waals surface area contributed by atoms with Crippen molar-refractivity contribution >= 4 is 17.9 Å². The van der Waals surface area contributed by atoms with Crippen LogP contribution in [-0.4, -0.2) is 37.2 Å².